The van der Waals surface area contributed by atoms with Gasteiger partial charge in [-0.05, 0) is 43.0 Å². The molecule has 0 saturated carbocycles. The topological polar surface area (TPSA) is 61.4 Å². The Balaban J connectivity index is 1.29. The van der Waals surface area contributed by atoms with E-state index >= 15 is 0 Å². The first kappa shape index (κ1) is 21.4. The number of benzene rings is 2. The van der Waals surface area contributed by atoms with Gasteiger partial charge in [0.2, 0.25) is 11.8 Å². The van der Waals surface area contributed by atoms with Crippen molar-refractivity contribution in [1.82, 2.24) is 10.2 Å². The summed E-state index contributed by atoms with van der Waals surface area (Å²) in [5.41, 5.74) is 3.22. The molecule has 29 heavy (non-hydrogen) atoms. The van der Waals surface area contributed by atoms with Crippen LogP contribution in [0.3, 0.4) is 0 Å². The predicted molar refractivity (Wildman–Crippen MR) is 120 cm³/mol. The molecule has 0 bridgehead atoms. The van der Waals surface area contributed by atoms with Crippen molar-refractivity contribution in [2.24, 2.45) is 0 Å². The van der Waals surface area contributed by atoms with E-state index < -0.39 is 0 Å². The minimum atomic E-state index is -0.0809. The van der Waals surface area contributed by atoms with Gasteiger partial charge >= 0.3 is 0 Å². The monoisotopic (exact) mass is 411 g/mol. The zero-order valence-corrected chi connectivity index (χ0v) is 17.7. The van der Waals surface area contributed by atoms with Crippen LogP contribution in [0.2, 0.25) is 0 Å². The third-order valence-electron chi connectivity index (χ3n) is 4.97. The second-order valence-electron chi connectivity index (χ2n) is 7.51. The smallest absolute Gasteiger partial charge is 0.234 e. The summed E-state index contributed by atoms with van der Waals surface area (Å²) in [4.78, 5) is 26.6. The molecule has 0 radical (unpaired) electrons. The van der Waals surface area contributed by atoms with Crippen molar-refractivity contribution < 1.29 is 9.59 Å². The average Bonchev–Trinajstić information content (AvgIpc) is 2.70. The molecule has 5 nitrogen and oxygen atoms in total. The van der Waals surface area contributed by atoms with Crippen molar-refractivity contribution in [2.75, 3.05) is 29.9 Å². The van der Waals surface area contributed by atoms with Crippen LogP contribution in [0, 0.1) is 6.92 Å². The predicted octanol–water partition coefficient (Wildman–Crippen LogP) is 3.45. The molecule has 0 atom stereocenters. The minimum absolute atomic E-state index is 0.0138. The maximum Gasteiger partial charge on any atom is 0.234 e. The van der Waals surface area contributed by atoms with E-state index in [0.717, 1.165) is 43.7 Å². The quantitative estimate of drug-likeness (QED) is 0.699. The first-order valence-corrected chi connectivity index (χ1v) is 11.2. The molecule has 0 aliphatic carbocycles. The Morgan fingerprint density at radius 1 is 1.00 bits per heavy atom. The SMILES string of the molecule is Cc1cccc(NC(=O)CSCC(=O)NC2CCN(Cc3ccccc3)CC2)c1. The Kier molecular flexibility index (Phi) is 8.14. The molecule has 2 N–H and O–H groups in total. The number of carbonyl (C=O) groups is 2. The molecule has 2 aromatic rings. The summed E-state index contributed by atoms with van der Waals surface area (Å²) in [5.74, 6) is 0.519. The van der Waals surface area contributed by atoms with Crippen molar-refractivity contribution in [2.45, 2.75) is 32.4 Å². The van der Waals surface area contributed by atoms with Crippen LogP contribution >= 0.6 is 11.8 Å². The van der Waals surface area contributed by atoms with E-state index in [9.17, 15) is 9.59 Å². The van der Waals surface area contributed by atoms with Crippen LogP contribution in [0.15, 0.2) is 54.6 Å². The van der Waals surface area contributed by atoms with Crippen molar-refractivity contribution in [1.29, 1.82) is 0 Å². The molecule has 2 aromatic carbocycles. The number of amides is 2. The van der Waals surface area contributed by atoms with Crippen molar-refractivity contribution in [3.05, 3.63) is 65.7 Å². The van der Waals surface area contributed by atoms with Crippen LogP contribution < -0.4 is 10.6 Å². The zero-order valence-electron chi connectivity index (χ0n) is 16.9. The molecule has 154 valence electrons. The lowest BCUT2D eigenvalue weighted by molar-refractivity contribution is -0.119. The first-order chi connectivity index (χ1) is 14.1. The van der Waals surface area contributed by atoms with E-state index in [1.165, 1.54) is 17.3 Å². The molecule has 0 spiro atoms. The summed E-state index contributed by atoms with van der Waals surface area (Å²) >= 11 is 1.35. The lowest BCUT2D eigenvalue weighted by atomic mass is 10.0. The molecule has 1 aliphatic rings. The highest BCUT2D eigenvalue weighted by Crippen LogP contribution is 2.14. The van der Waals surface area contributed by atoms with Crippen LogP contribution in [0.25, 0.3) is 0 Å². The maximum atomic E-state index is 12.2. The highest BCUT2D eigenvalue weighted by molar-refractivity contribution is 8.00. The van der Waals surface area contributed by atoms with Gasteiger partial charge < -0.3 is 10.6 Å². The Hall–Kier alpha value is -2.31. The van der Waals surface area contributed by atoms with Crippen LogP contribution in [-0.2, 0) is 16.1 Å². The van der Waals surface area contributed by atoms with Crippen molar-refractivity contribution >= 4 is 29.3 Å². The van der Waals surface area contributed by atoms with Gasteiger partial charge in [0.15, 0.2) is 0 Å². The number of nitrogens with zero attached hydrogens (tertiary/aromatic N) is 1. The molecular formula is C23H29N3O2S. The number of anilines is 1. The van der Waals surface area contributed by atoms with Gasteiger partial charge in [-0.3, -0.25) is 14.5 Å². The third-order valence-corrected chi connectivity index (χ3v) is 5.90. The number of likely N-dealkylation sites (tertiary alicyclic amines) is 1. The molecule has 1 aliphatic heterocycles. The van der Waals surface area contributed by atoms with Gasteiger partial charge in [0, 0.05) is 31.4 Å². The molecule has 1 heterocycles. The standard InChI is InChI=1S/C23H29N3O2S/c1-18-6-5-9-21(14-18)25-23(28)17-29-16-22(27)24-20-10-12-26(13-11-20)15-19-7-3-2-4-8-19/h2-9,14,20H,10-13,15-17H2,1H3,(H,24,27)(H,25,28). The molecule has 1 saturated heterocycles. The van der Waals surface area contributed by atoms with Gasteiger partial charge in [-0.1, -0.05) is 42.5 Å². The number of piperidine rings is 1. The highest BCUT2D eigenvalue weighted by atomic mass is 32.2. The molecule has 1 fully saturated rings. The number of hydrogen-bond acceptors (Lipinski definition) is 4. The fourth-order valence-corrected chi connectivity index (χ4v) is 4.13. The van der Waals surface area contributed by atoms with E-state index in [1.807, 2.05) is 37.3 Å². The third kappa shape index (κ3) is 7.55. The Morgan fingerprint density at radius 3 is 2.45 bits per heavy atom. The molecule has 6 heteroatoms. The number of hydrogen-bond donors (Lipinski definition) is 2. The first-order valence-electron chi connectivity index (χ1n) is 10.1. The fraction of sp³-hybridized carbons (Fsp3) is 0.391. The second kappa shape index (κ2) is 11.0. The van der Waals surface area contributed by atoms with E-state index in [0.29, 0.717) is 5.75 Å². The number of thioether (sulfide) groups is 1. The summed E-state index contributed by atoms with van der Waals surface area (Å²) in [6, 6.07) is 18.4. The average molecular weight is 412 g/mol. The number of aryl methyl sites for hydroxylation is 1. The Bertz CT molecular complexity index is 805. The largest absolute Gasteiger partial charge is 0.353 e. The Labute approximate surface area is 177 Å². The summed E-state index contributed by atoms with van der Waals surface area (Å²) in [6.07, 6.45) is 1.94. The van der Waals surface area contributed by atoms with E-state index in [2.05, 4.69) is 39.8 Å². The van der Waals surface area contributed by atoms with Gasteiger partial charge in [0.25, 0.3) is 0 Å². The summed E-state index contributed by atoms with van der Waals surface area (Å²) in [5, 5.41) is 5.98. The number of nitrogens with one attached hydrogen (secondary N) is 2. The van der Waals surface area contributed by atoms with Gasteiger partial charge in [-0.25, -0.2) is 0 Å². The van der Waals surface area contributed by atoms with Crippen molar-refractivity contribution in [3.8, 4) is 0 Å². The van der Waals surface area contributed by atoms with Crippen LogP contribution in [-0.4, -0.2) is 47.4 Å². The van der Waals surface area contributed by atoms with Crippen LogP contribution in [0.4, 0.5) is 5.69 Å². The second-order valence-corrected chi connectivity index (χ2v) is 8.50. The van der Waals surface area contributed by atoms with E-state index in [1.54, 1.807) is 0 Å². The molecule has 0 unspecified atom stereocenters. The number of rotatable bonds is 8. The maximum absolute atomic E-state index is 12.2. The van der Waals surface area contributed by atoms with Crippen molar-refractivity contribution in [3.63, 3.8) is 0 Å². The van der Waals surface area contributed by atoms with Crippen LogP contribution in [0.1, 0.15) is 24.0 Å². The zero-order chi connectivity index (χ0) is 20.5. The normalized spacial score (nSPS) is 15.1. The van der Waals surface area contributed by atoms with Gasteiger partial charge in [0.1, 0.15) is 0 Å². The molecule has 2 amide bonds. The van der Waals surface area contributed by atoms with Gasteiger partial charge in [-0.2, -0.15) is 0 Å². The fourth-order valence-electron chi connectivity index (χ4n) is 3.50. The molecule has 3 rings (SSSR count). The number of carbonyl (C=O) groups excluding carboxylic acids is 2. The molecule has 0 aromatic heterocycles. The Morgan fingerprint density at radius 2 is 1.72 bits per heavy atom. The summed E-state index contributed by atoms with van der Waals surface area (Å²) in [7, 11) is 0. The lowest BCUT2D eigenvalue weighted by Crippen LogP contribution is -2.44. The lowest BCUT2D eigenvalue weighted by Gasteiger charge is -2.32. The van der Waals surface area contributed by atoms with Gasteiger partial charge in [-0.15, -0.1) is 11.8 Å². The minimum Gasteiger partial charge on any atom is -0.353 e. The highest BCUT2D eigenvalue weighted by Gasteiger charge is 2.20. The van der Waals surface area contributed by atoms with Crippen LogP contribution in [0.5, 0.6) is 0 Å². The molecular weight excluding hydrogens is 382 g/mol. The van der Waals surface area contributed by atoms with E-state index in [-0.39, 0.29) is 23.6 Å². The summed E-state index contributed by atoms with van der Waals surface area (Å²) in [6.45, 7) is 4.94. The van der Waals surface area contributed by atoms with E-state index in [4.69, 9.17) is 0 Å². The van der Waals surface area contributed by atoms with Gasteiger partial charge in [0.05, 0.1) is 11.5 Å². The summed E-state index contributed by atoms with van der Waals surface area (Å²) < 4.78 is 0.